The molecule has 3 heterocycles. The van der Waals surface area contributed by atoms with E-state index in [9.17, 15) is 4.79 Å². The molecule has 0 unspecified atom stereocenters. The van der Waals surface area contributed by atoms with Gasteiger partial charge in [-0.3, -0.25) is 4.79 Å². The van der Waals surface area contributed by atoms with Gasteiger partial charge in [-0.25, -0.2) is 9.97 Å². The van der Waals surface area contributed by atoms with Crippen LogP contribution in [0.15, 0.2) is 42.7 Å². The Kier molecular flexibility index (Phi) is 7.44. The number of thiophene rings is 1. The number of fused-ring (bicyclic) bond motifs is 1. The van der Waals surface area contributed by atoms with Crippen LogP contribution >= 0.6 is 22.9 Å². The molecule has 198 valence electrons. The Bertz CT molecular complexity index is 1470. The number of methoxy groups -OCH3 is 3. The minimum absolute atomic E-state index is 0.264. The van der Waals surface area contributed by atoms with Crippen LogP contribution in [0.25, 0.3) is 10.2 Å². The minimum Gasteiger partial charge on any atom is -0.497 e. The van der Waals surface area contributed by atoms with E-state index in [1.807, 2.05) is 19.1 Å². The Morgan fingerprint density at radius 1 is 0.947 bits per heavy atom. The lowest BCUT2D eigenvalue weighted by Crippen LogP contribution is -2.46. The maximum absolute atomic E-state index is 13.4. The molecule has 5 rings (SSSR count). The molecule has 1 aliphatic rings. The lowest BCUT2D eigenvalue weighted by molar-refractivity contribution is 0.102. The molecular formula is C27H28ClN5O4S. The fourth-order valence-electron chi connectivity index (χ4n) is 4.62. The van der Waals surface area contributed by atoms with Gasteiger partial charge in [0.05, 0.1) is 42.3 Å². The summed E-state index contributed by atoms with van der Waals surface area (Å²) in [6, 6.07) is 11.4. The summed E-state index contributed by atoms with van der Waals surface area (Å²) in [5.74, 6) is 2.35. The number of halogens is 1. The zero-order valence-corrected chi connectivity index (χ0v) is 23.2. The first kappa shape index (κ1) is 25.9. The van der Waals surface area contributed by atoms with E-state index < -0.39 is 0 Å². The number of piperazine rings is 1. The molecule has 2 aromatic heterocycles. The van der Waals surface area contributed by atoms with Crippen molar-refractivity contribution in [1.29, 1.82) is 0 Å². The molecule has 1 N–H and O–H groups in total. The van der Waals surface area contributed by atoms with Crippen molar-refractivity contribution in [1.82, 2.24) is 9.97 Å². The number of benzene rings is 2. The summed E-state index contributed by atoms with van der Waals surface area (Å²) >= 11 is 7.64. The Morgan fingerprint density at radius 3 is 2.29 bits per heavy atom. The number of aryl methyl sites for hydroxylation is 1. The minimum atomic E-state index is -0.264. The highest BCUT2D eigenvalue weighted by Crippen LogP contribution is 2.39. The molecule has 1 fully saturated rings. The average molecular weight is 554 g/mol. The Hall–Kier alpha value is -3.76. The smallest absolute Gasteiger partial charge is 0.266 e. The average Bonchev–Trinajstić information content (AvgIpc) is 3.30. The van der Waals surface area contributed by atoms with Crippen LogP contribution < -0.4 is 29.3 Å². The van der Waals surface area contributed by atoms with Crippen LogP contribution in [0.5, 0.6) is 17.2 Å². The monoisotopic (exact) mass is 553 g/mol. The first-order valence-electron chi connectivity index (χ1n) is 12.0. The van der Waals surface area contributed by atoms with E-state index in [0.29, 0.717) is 27.1 Å². The van der Waals surface area contributed by atoms with Crippen molar-refractivity contribution in [2.24, 2.45) is 0 Å². The Balaban J connectivity index is 1.37. The molecule has 1 amide bonds. The summed E-state index contributed by atoms with van der Waals surface area (Å²) in [7, 11) is 4.72. The van der Waals surface area contributed by atoms with Crippen LogP contribution in [-0.2, 0) is 0 Å². The normalized spacial score (nSPS) is 13.5. The summed E-state index contributed by atoms with van der Waals surface area (Å²) in [5, 5.41) is 4.21. The van der Waals surface area contributed by atoms with Crippen LogP contribution in [0.2, 0.25) is 5.02 Å². The van der Waals surface area contributed by atoms with Crippen molar-refractivity contribution in [2.45, 2.75) is 6.92 Å². The second-order valence-electron chi connectivity index (χ2n) is 8.75. The molecule has 1 saturated heterocycles. The topological polar surface area (TPSA) is 89.1 Å². The molecule has 0 atom stereocenters. The number of rotatable bonds is 7. The molecule has 0 saturated carbocycles. The van der Waals surface area contributed by atoms with Crippen molar-refractivity contribution in [3.8, 4) is 17.2 Å². The third-order valence-corrected chi connectivity index (χ3v) is 8.15. The molecule has 0 radical (unpaired) electrons. The van der Waals surface area contributed by atoms with Gasteiger partial charge in [0.2, 0.25) is 0 Å². The summed E-state index contributed by atoms with van der Waals surface area (Å²) in [6.07, 6.45) is 1.57. The molecular weight excluding hydrogens is 526 g/mol. The zero-order chi connectivity index (χ0) is 26.8. The summed E-state index contributed by atoms with van der Waals surface area (Å²) in [5.41, 5.74) is 2.47. The van der Waals surface area contributed by atoms with Gasteiger partial charge in [-0.2, -0.15) is 0 Å². The predicted molar refractivity (Wildman–Crippen MR) is 152 cm³/mol. The number of hydrogen-bond donors (Lipinski definition) is 1. The SMILES string of the molecule is COc1ccc(N2CCN(c3ncnc4sc(C(=O)Nc5cc(Cl)c(OC)cc5OC)c(C)c34)CC2)cc1. The largest absolute Gasteiger partial charge is 0.497 e. The highest BCUT2D eigenvalue weighted by molar-refractivity contribution is 7.20. The van der Waals surface area contributed by atoms with E-state index in [0.717, 1.165) is 59.2 Å². The van der Waals surface area contributed by atoms with Crippen molar-refractivity contribution in [2.75, 3.05) is 62.6 Å². The van der Waals surface area contributed by atoms with E-state index in [2.05, 4.69) is 37.2 Å². The lowest BCUT2D eigenvalue weighted by atomic mass is 10.1. The number of hydrogen-bond acceptors (Lipinski definition) is 9. The van der Waals surface area contributed by atoms with Crippen molar-refractivity contribution >= 4 is 56.3 Å². The quantitative estimate of drug-likeness (QED) is 0.332. The fraction of sp³-hybridized carbons (Fsp3) is 0.296. The number of anilines is 3. The van der Waals surface area contributed by atoms with Crippen LogP contribution in [0.3, 0.4) is 0 Å². The van der Waals surface area contributed by atoms with E-state index >= 15 is 0 Å². The Morgan fingerprint density at radius 2 is 1.63 bits per heavy atom. The summed E-state index contributed by atoms with van der Waals surface area (Å²) in [6.45, 7) is 5.25. The van der Waals surface area contributed by atoms with E-state index in [1.165, 1.54) is 25.6 Å². The third kappa shape index (κ3) is 4.89. The number of aromatic nitrogens is 2. The van der Waals surface area contributed by atoms with Crippen LogP contribution in [0.1, 0.15) is 15.2 Å². The molecule has 4 aromatic rings. The molecule has 1 aliphatic heterocycles. The Labute approximate surface area is 229 Å². The maximum Gasteiger partial charge on any atom is 0.266 e. The lowest BCUT2D eigenvalue weighted by Gasteiger charge is -2.37. The number of carbonyl (C=O) groups is 1. The molecule has 9 nitrogen and oxygen atoms in total. The second kappa shape index (κ2) is 10.9. The summed E-state index contributed by atoms with van der Waals surface area (Å²) < 4.78 is 16.0. The standard InChI is InChI=1S/C27H28ClN5O4S/c1-16-23-25(33-11-9-32(10-12-33)17-5-7-18(35-2)8-6-17)29-15-30-27(23)38-24(16)26(34)31-20-13-19(28)21(36-3)14-22(20)37-4/h5-8,13-15H,9-12H2,1-4H3,(H,31,34). The van der Waals surface area contributed by atoms with Crippen LogP contribution in [0.4, 0.5) is 17.2 Å². The van der Waals surface area contributed by atoms with Gasteiger partial charge in [0.25, 0.3) is 5.91 Å². The highest BCUT2D eigenvalue weighted by Gasteiger charge is 2.25. The highest BCUT2D eigenvalue weighted by atomic mass is 35.5. The fourth-order valence-corrected chi connectivity index (χ4v) is 5.90. The van der Waals surface area contributed by atoms with Gasteiger partial charge in [-0.15, -0.1) is 11.3 Å². The predicted octanol–water partition coefficient (Wildman–Crippen LogP) is 5.26. The first-order valence-corrected chi connectivity index (χ1v) is 13.2. The van der Waals surface area contributed by atoms with Gasteiger partial charge in [-0.05, 0) is 42.8 Å². The second-order valence-corrected chi connectivity index (χ2v) is 10.2. The molecule has 38 heavy (non-hydrogen) atoms. The number of ether oxygens (including phenoxy) is 3. The number of nitrogens with zero attached hydrogens (tertiary/aromatic N) is 4. The van der Waals surface area contributed by atoms with Gasteiger partial charge < -0.3 is 29.3 Å². The van der Waals surface area contributed by atoms with Crippen LogP contribution in [-0.4, -0.2) is 63.4 Å². The summed E-state index contributed by atoms with van der Waals surface area (Å²) in [4.78, 5) is 28.4. The van der Waals surface area contributed by atoms with Crippen LogP contribution in [0, 0.1) is 6.92 Å². The van der Waals surface area contributed by atoms with Gasteiger partial charge in [0.15, 0.2) is 0 Å². The molecule has 0 aliphatic carbocycles. The van der Waals surface area contributed by atoms with E-state index in [4.69, 9.17) is 25.8 Å². The molecule has 2 aromatic carbocycles. The van der Waals surface area contributed by atoms with Gasteiger partial charge in [-0.1, -0.05) is 11.6 Å². The van der Waals surface area contributed by atoms with Crippen molar-refractivity contribution < 1.29 is 19.0 Å². The van der Waals surface area contributed by atoms with Crippen molar-refractivity contribution in [3.05, 3.63) is 58.2 Å². The van der Waals surface area contributed by atoms with Gasteiger partial charge >= 0.3 is 0 Å². The molecule has 11 heteroatoms. The van der Waals surface area contributed by atoms with Gasteiger partial charge in [0, 0.05) is 37.9 Å². The van der Waals surface area contributed by atoms with Gasteiger partial charge in [0.1, 0.15) is 34.2 Å². The zero-order valence-electron chi connectivity index (χ0n) is 21.6. The number of nitrogens with one attached hydrogen (secondary N) is 1. The number of carbonyl (C=O) groups excluding carboxylic acids is 1. The first-order chi connectivity index (χ1) is 18.4. The van der Waals surface area contributed by atoms with E-state index in [1.54, 1.807) is 25.6 Å². The molecule has 0 spiro atoms. The van der Waals surface area contributed by atoms with Crippen molar-refractivity contribution in [3.63, 3.8) is 0 Å². The third-order valence-electron chi connectivity index (χ3n) is 6.65. The number of amides is 1. The van der Waals surface area contributed by atoms with E-state index in [-0.39, 0.29) is 5.91 Å². The maximum atomic E-state index is 13.4. The molecule has 0 bridgehead atoms.